The largest absolute Gasteiger partial charge is 0.463 e. The lowest BCUT2D eigenvalue weighted by molar-refractivity contribution is -0.137. The number of carbonyl (C=O) groups is 2. The molecule has 98 valence electrons. The summed E-state index contributed by atoms with van der Waals surface area (Å²) < 4.78 is 4.75. The Bertz CT molecular complexity index is 512. The summed E-state index contributed by atoms with van der Waals surface area (Å²) in [5.41, 5.74) is 1.42. The number of nitrogens with zero attached hydrogens (tertiary/aromatic N) is 1. The molecule has 0 aliphatic heterocycles. The highest BCUT2D eigenvalue weighted by Gasteiger charge is 2.00. The van der Waals surface area contributed by atoms with Gasteiger partial charge >= 0.3 is 5.97 Å². The number of ether oxygens (including phenoxy) is 1. The molecule has 0 radical (unpaired) electrons. The molecule has 0 aromatic heterocycles. The number of anilines is 1. The third-order valence-electron chi connectivity index (χ3n) is 2.13. The summed E-state index contributed by atoms with van der Waals surface area (Å²) in [6.45, 7) is 2.08. The van der Waals surface area contributed by atoms with Gasteiger partial charge in [-0.05, 0) is 30.7 Å². The maximum Gasteiger partial charge on any atom is 0.330 e. The van der Waals surface area contributed by atoms with E-state index >= 15 is 0 Å². The van der Waals surface area contributed by atoms with Crippen LogP contribution in [0.3, 0.4) is 0 Å². The van der Waals surface area contributed by atoms with Gasteiger partial charge in [-0.3, -0.25) is 4.79 Å². The topological polar surface area (TPSA) is 79.2 Å². The van der Waals surface area contributed by atoms with Gasteiger partial charge in [-0.15, -0.1) is 0 Å². The first-order valence-corrected chi connectivity index (χ1v) is 5.77. The Hall–Kier alpha value is -2.61. The van der Waals surface area contributed by atoms with Crippen LogP contribution in [0.2, 0.25) is 0 Å². The van der Waals surface area contributed by atoms with Crippen LogP contribution in [0.5, 0.6) is 0 Å². The second-order valence-corrected chi connectivity index (χ2v) is 3.59. The van der Waals surface area contributed by atoms with Crippen LogP contribution < -0.4 is 5.32 Å². The lowest BCUT2D eigenvalue weighted by atomic mass is 10.2. The van der Waals surface area contributed by atoms with Gasteiger partial charge in [-0.1, -0.05) is 12.1 Å². The van der Waals surface area contributed by atoms with Gasteiger partial charge in [0.2, 0.25) is 5.91 Å². The first kappa shape index (κ1) is 14.5. The van der Waals surface area contributed by atoms with Crippen molar-refractivity contribution in [2.24, 2.45) is 0 Å². The van der Waals surface area contributed by atoms with Crippen LogP contribution in [0.1, 0.15) is 18.9 Å². The van der Waals surface area contributed by atoms with Crippen LogP contribution in [0.4, 0.5) is 5.69 Å². The number of hydrogen-bond donors (Lipinski definition) is 1. The van der Waals surface area contributed by atoms with Gasteiger partial charge in [0.25, 0.3) is 0 Å². The SMILES string of the molecule is CCOC(=O)C=Cc1ccc(NC(=O)CC#N)cc1. The van der Waals surface area contributed by atoms with Gasteiger partial charge in [0.15, 0.2) is 0 Å². The molecule has 0 spiro atoms. The Labute approximate surface area is 111 Å². The average molecular weight is 258 g/mol. The number of esters is 1. The van der Waals surface area contributed by atoms with E-state index in [9.17, 15) is 9.59 Å². The lowest BCUT2D eigenvalue weighted by Gasteiger charge is -2.02. The third kappa shape index (κ3) is 5.50. The minimum Gasteiger partial charge on any atom is -0.463 e. The standard InChI is InChI=1S/C14H14N2O3/c1-2-19-14(18)8-5-11-3-6-12(7-4-11)16-13(17)9-10-15/h3-8H,2,9H2,1H3,(H,16,17). The summed E-state index contributed by atoms with van der Waals surface area (Å²) in [6.07, 6.45) is 2.79. The zero-order valence-electron chi connectivity index (χ0n) is 10.6. The molecule has 5 nitrogen and oxygen atoms in total. The summed E-state index contributed by atoms with van der Waals surface area (Å²) >= 11 is 0. The minimum atomic E-state index is -0.395. The van der Waals surface area contributed by atoms with Crippen molar-refractivity contribution in [1.82, 2.24) is 0 Å². The molecule has 0 atom stereocenters. The molecule has 5 heteroatoms. The van der Waals surface area contributed by atoms with Crippen molar-refractivity contribution in [3.05, 3.63) is 35.9 Å². The molecule has 0 aliphatic rings. The van der Waals surface area contributed by atoms with Gasteiger partial charge in [0.1, 0.15) is 6.42 Å². The van der Waals surface area contributed by atoms with Crippen molar-refractivity contribution in [2.75, 3.05) is 11.9 Å². The number of nitriles is 1. The maximum absolute atomic E-state index is 11.2. The van der Waals surface area contributed by atoms with Crippen LogP contribution in [-0.2, 0) is 14.3 Å². The van der Waals surface area contributed by atoms with Crippen LogP contribution >= 0.6 is 0 Å². The van der Waals surface area contributed by atoms with E-state index in [-0.39, 0.29) is 12.3 Å². The van der Waals surface area contributed by atoms with E-state index < -0.39 is 5.97 Å². The van der Waals surface area contributed by atoms with Gasteiger partial charge in [-0.25, -0.2) is 4.79 Å². The van der Waals surface area contributed by atoms with E-state index in [4.69, 9.17) is 10.00 Å². The molecule has 1 aromatic carbocycles. The molecule has 0 saturated carbocycles. The fourth-order valence-electron chi connectivity index (χ4n) is 1.31. The molecule has 1 rings (SSSR count). The van der Waals surface area contributed by atoms with Crippen LogP contribution in [0.15, 0.2) is 30.3 Å². The van der Waals surface area contributed by atoms with E-state index in [0.29, 0.717) is 12.3 Å². The molecular formula is C14H14N2O3. The molecule has 1 N–H and O–H groups in total. The Morgan fingerprint density at radius 1 is 1.37 bits per heavy atom. The molecule has 1 aromatic rings. The molecule has 0 unspecified atom stereocenters. The Morgan fingerprint density at radius 2 is 2.05 bits per heavy atom. The molecule has 19 heavy (non-hydrogen) atoms. The summed E-state index contributed by atoms with van der Waals surface area (Å²) in [5, 5.41) is 10.9. The van der Waals surface area contributed by atoms with Crippen molar-refractivity contribution in [3.8, 4) is 6.07 Å². The Kier molecular flexibility index (Phi) is 5.83. The first-order valence-electron chi connectivity index (χ1n) is 5.77. The van der Waals surface area contributed by atoms with Crippen LogP contribution in [-0.4, -0.2) is 18.5 Å². The van der Waals surface area contributed by atoms with Crippen molar-refractivity contribution in [1.29, 1.82) is 5.26 Å². The van der Waals surface area contributed by atoms with Crippen LogP contribution in [0, 0.1) is 11.3 Å². The highest BCUT2D eigenvalue weighted by atomic mass is 16.5. The molecule has 0 bridgehead atoms. The quantitative estimate of drug-likeness (QED) is 0.648. The van der Waals surface area contributed by atoms with Gasteiger partial charge in [0, 0.05) is 11.8 Å². The summed E-state index contributed by atoms with van der Waals surface area (Å²) in [7, 11) is 0. The Balaban J connectivity index is 2.59. The highest BCUT2D eigenvalue weighted by molar-refractivity contribution is 5.92. The van der Waals surface area contributed by atoms with Gasteiger partial charge in [-0.2, -0.15) is 5.26 Å². The number of rotatable bonds is 5. The summed E-state index contributed by atoms with van der Waals surface area (Å²) in [5.74, 6) is -0.744. The van der Waals surface area contributed by atoms with E-state index in [1.165, 1.54) is 6.08 Å². The Morgan fingerprint density at radius 3 is 2.63 bits per heavy atom. The highest BCUT2D eigenvalue weighted by Crippen LogP contribution is 2.11. The van der Waals surface area contributed by atoms with Crippen molar-refractivity contribution in [3.63, 3.8) is 0 Å². The van der Waals surface area contributed by atoms with E-state index in [2.05, 4.69) is 5.32 Å². The van der Waals surface area contributed by atoms with Gasteiger partial charge in [0.05, 0.1) is 12.7 Å². The van der Waals surface area contributed by atoms with Gasteiger partial charge < -0.3 is 10.1 Å². The second kappa shape index (κ2) is 7.67. The third-order valence-corrected chi connectivity index (χ3v) is 2.13. The number of benzene rings is 1. The minimum absolute atomic E-state index is 0.176. The normalized spacial score (nSPS) is 9.89. The summed E-state index contributed by atoms with van der Waals surface area (Å²) in [4.78, 5) is 22.3. The maximum atomic E-state index is 11.2. The average Bonchev–Trinajstić information content (AvgIpc) is 2.38. The molecule has 0 fully saturated rings. The number of hydrogen-bond acceptors (Lipinski definition) is 4. The predicted molar refractivity (Wildman–Crippen MR) is 71.0 cm³/mol. The van der Waals surface area contributed by atoms with Crippen molar-refractivity contribution < 1.29 is 14.3 Å². The molecule has 0 saturated heterocycles. The van der Waals surface area contributed by atoms with Crippen molar-refractivity contribution >= 4 is 23.6 Å². The fraction of sp³-hybridized carbons (Fsp3) is 0.214. The van der Waals surface area contributed by atoms with Crippen LogP contribution in [0.25, 0.3) is 6.08 Å². The molecule has 0 heterocycles. The number of nitrogens with one attached hydrogen (secondary N) is 1. The summed E-state index contributed by atoms with van der Waals surface area (Å²) in [6, 6.07) is 8.65. The van der Waals surface area contributed by atoms with E-state index in [1.54, 1.807) is 43.3 Å². The van der Waals surface area contributed by atoms with Crippen molar-refractivity contribution in [2.45, 2.75) is 13.3 Å². The van der Waals surface area contributed by atoms with E-state index in [0.717, 1.165) is 5.56 Å². The molecular weight excluding hydrogens is 244 g/mol. The first-order chi connectivity index (χ1) is 9.15. The smallest absolute Gasteiger partial charge is 0.330 e. The fourth-order valence-corrected chi connectivity index (χ4v) is 1.31. The van der Waals surface area contributed by atoms with E-state index in [1.807, 2.05) is 0 Å². The predicted octanol–water partition coefficient (Wildman–Crippen LogP) is 2.12. The second-order valence-electron chi connectivity index (χ2n) is 3.59. The monoisotopic (exact) mass is 258 g/mol. The number of amides is 1. The zero-order chi connectivity index (χ0) is 14.1. The molecule has 0 aliphatic carbocycles. The zero-order valence-corrected chi connectivity index (χ0v) is 10.6. The lowest BCUT2D eigenvalue weighted by Crippen LogP contribution is -2.09. The molecule has 1 amide bonds. The number of carbonyl (C=O) groups excluding carboxylic acids is 2.